The van der Waals surface area contributed by atoms with E-state index in [-0.39, 0.29) is 24.2 Å². The molecule has 6 heteroatoms. The fraction of sp³-hybridized carbons (Fsp3) is 0.867. The molecule has 1 N–H and O–H groups in total. The third kappa shape index (κ3) is 4.33. The van der Waals surface area contributed by atoms with E-state index in [4.69, 9.17) is 0 Å². The van der Waals surface area contributed by atoms with Gasteiger partial charge in [0.05, 0.1) is 6.54 Å². The van der Waals surface area contributed by atoms with Gasteiger partial charge in [-0.2, -0.15) is 0 Å². The highest BCUT2D eigenvalue weighted by molar-refractivity contribution is 5.86. The Hall–Kier alpha value is -0.810. The van der Waals surface area contributed by atoms with Gasteiger partial charge in [0, 0.05) is 25.6 Å². The molecule has 2 amide bonds. The molecule has 2 heterocycles. The molecular formula is C15H26ClN3O2. The first kappa shape index (κ1) is 16.6. The molecule has 2 saturated heterocycles. The number of carbonyl (C=O) groups excluding carboxylic acids is 2. The maximum Gasteiger partial charge on any atom is 0.242 e. The maximum absolute atomic E-state index is 12.4. The third-order valence-corrected chi connectivity index (χ3v) is 4.76. The van der Waals surface area contributed by atoms with Crippen molar-refractivity contribution in [3.05, 3.63) is 0 Å². The van der Waals surface area contributed by atoms with Crippen LogP contribution in [0.2, 0.25) is 0 Å². The van der Waals surface area contributed by atoms with Crippen LogP contribution < -0.4 is 5.32 Å². The van der Waals surface area contributed by atoms with Crippen LogP contribution in [0.5, 0.6) is 0 Å². The molecule has 0 bridgehead atoms. The lowest BCUT2D eigenvalue weighted by atomic mass is 9.96. The molecule has 3 rings (SSSR count). The van der Waals surface area contributed by atoms with Crippen molar-refractivity contribution in [2.24, 2.45) is 5.92 Å². The van der Waals surface area contributed by atoms with Gasteiger partial charge in [0.1, 0.15) is 0 Å². The summed E-state index contributed by atoms with van der Waals surface area (Å²) in [6, 6.07) is 0.479. The predicted molar refractivity (Wildman–Crippen MR) is 83.4 cm³/mol. The normalized spacial score (nSPS) is 27.0. The van der Waals surface area contributed by atoms with Crippen LogP contribution in [0.15, 0.2) is 0 Å². The number of rotatable bonds is 3. The highest BCUT2D eigenvalue weighted by Crippen LogP contribution is 2.28. The topological polar surface area (TPSA) is 52.7 Å². The van der Waals surface area contributed by atoms with Crippen LogP contribution in [0, 0.1) is 5.92 Å². The average Bonchev–Trinajstić information content (AvgIpc) is 3.25. The molecule has 0 aromatic carbocycles. The molecule has 5 nitrogen and oxygen atoms in total. The van der Waals surface area contributed by atoms with Gasteiger partial charge in [-0.3, -0.25) is 9.59 Å². The highest BCUT2D eigenvalue weighted by atomic mass is 35.5. The molecular weight excluding hydrogens is 290 g/mol. The van der Waals surface area contributed by atoms with E-state index in [9.17, 15) is 9.59 Å². The monoisotopic (exact) mass is 315 g/mol. The van der Waals surface area contributed by atoms with Crippen molar-refractivity contribution in [2.45, 2.75) is 44.6 Å². The summed E-state index contributed by atoms with van der Waals surface area (Å²) in [4.78, 5) is 28.2. The first-order valence-corrected chi connectivity index (χ1v) is 8.02. The number of nitrogens with zero attached hydrogens (tertiary/aromatic N) is 2. The Bertz CT molecular complexity index is 379. The maximum atomic E-state index is 12.4. The lowest BCUT2D eigenvalue weighted by molar-refractivity contribution is -0.146. The van der Waals surface area contributed by atoms with Crippen molar-refractivity contribution >= 4 is 24.2 Å². The Morgan fingerprint density at radius 1 is 1.14 bits per heavy atom. The van der Waals surface area contributed by atoms with Crippen LogP contribution in [0.25, 0.3) is 0 Å². The summed E-state index contributed by atoms with van der Waals surface area (Å²) in [5.74, 6) is 0.824. The Morgan fingerprint density at radius 3 is 2.67 bits per heavy atom. The quantitative estimate of drug-likeness (QED) is 0.846. The minimum atomic E-state index is 0. The van der Waals surface area contributed by atoms with Crippen LogP contribution in [0.4, 0.5) is 0 Å². The summed E-state index contributed by atoms with van der Waals surface area (Å²) in [7, 11) is 0. The van der Waals surface area contributed by atoms with E-state index < -0.39 is 0 Å². The molecule has 1 aliphatic carbocycles. The van der Waals surface area contributed by atoms with Crippen LogP contribution >= 0.6 is 12.4 Å². The van der Waals surface area contributed by atoms with Crippen LogP contribution in [-0.2, 0) is 9.59 Å². The molecule has 3 aliphatic rings. The SMILES string of the molecule is Cl.O=C(CC1CCCNCC1)N1CCN(C2CC2)C(=O)C1. The summed E-state index contributed by atoms with van der Waals surface area (Å²) < 4.78 is 0. The van der Waals surface area contributed by atoms with Crippen LogP contribution in [0.1, 0.15) is 38.5 Å². The zero-order valence-electron chi connectivity index (χ0n) is 12.6. The lowest BCUT2D eigenvalue weighted by Crippen LogP contribution is -2.53. The fourth-order valence-electron chi connectivity index (χ4n) is 3.34. The van der Waals surface area contributed by atoms with Crippen molar-refractivity contribution in [1.29, 1.82) is 0 Å². The van der Waals surface area contributed by atoms with Gasteiger partial charge in [0.2, 0.25) is 11.8 Å². The Kier molecular flexibility index (Phi) is 5.88. The molecule has 1 atom stereocenters. The molecule has 2 aliphatic heterocycles. The number of piperazine rings is 1. The van der Waals surface area contributed by atoms with E-state index in [1.165, 1.54) is 0 Å². The summed E-state index contributed by atoms with van der Waals surface area (Å²) >= 11 is 0. The summed E-state index contributed by atoms with van der Waals surface area (Å²) in [6.45, 7) is 3.86. The van der Waals surface area contributed by atoms with Gasteiger partial charge in [0.15, 0.2) is 0 Å². The van der Waals surface area contributed by atoms with Crippen LogP contribution in [0.3, 0.4) is 0 Å². The third-order valence-electron chi connectivity index (χ3n) is 4.76. The number of hydrogen-bond acceptors (Lipinski definition) is 3. The summed E-state index contributed by atoms with van der Waals surface area (Å²) in [5.41, 5.74) is 0. The molecule has 1 unspecified atom stereocenters. The smallest absolute Gasteiger partial charge is 0.242 e. The van der Waals surface area contributed by atoms with Crippen molar-refractivity contribution in [2.75, 3.05) is 32.7 Å². The van der Waals surface area contributed by atoms with E-state index in [2.05, 4.69) is 5.32 Å². The molecule has 0 radical (unpaired) electrons. The van der Waals surface area contributed by atoms with Gasteiger partial charge in [-0.1, -0.05) is 0 Å². The summed E-state index contributed by atoms with van der Waals surface area (Å²) in [6.07, 6.45) is 6.30. The second kappa shape index (κ2) is 7.45. The second-order valence-electron chi connectivity index (χ2n) is 6.38. The minimum absolute atomic E-state index is 0. The lowest BCUT2D eigenvalue weighted by Gasteiger charge is -2.35. The van der Waals surface area contributed by atoms with Crippen LogP contribution in [-0.4, -0.2) is 60.4 Å². The predicted octanol–water partition coefficient (Wildman–Crippen LogP) is 1.02. The molecule has 0 aromatic heterocycles. The van der Waals surface area contributed by atoms with E-state index in [0.29, 0.717) is 24.9 Å². The Morgan fingerprint density at radius 2 is 1.95 bits per heavy atom. The minimum Gasteiger partial charge on any atom is -0.336 e. The van der Waals surface area contributed by atoms with E-state index >= 15 is 0 Å². The first-order chi connectivity index (χ1) is 9.74. The van der Waals surface area contributed by atoms with E-state index in [1.54, 1.807) is 4.90 Å². The van der Waals surface area contributed by atoms with Gasteiger partial charge in [-0.25, -0.2) is 0 Å². The van der Waals surface area contributed by atoms with Crippen molar-refractivity contribution in [3.63, 3.8) is 0 Å². The van der Waals surface area contributed by atoms with Gasteiger partial charge < -0.3 is 15.1 Å². The fourth-order valence-corrected chi connectivity index (χ4v) is 3.34. The molecule has 1 saturated carbocycles. The van der Waals surface area contributed by atoms with Gasteiger partial charge in [-0.05, 0) is 51.1 Å². The zero-order valence-corrected chi connectivity index (χ0v) is 13.4. The standard InChI is InChI=1S/C15H25N3O2.ClH/c19-14(10-12-2-1-6-16-7-5-12)17-8-9-18(13-3-4-13)15(20)11-17;/h12-13,16H,1-11H2;1H. The Labute approximate surface area is 132 Å². The number of halogens is 1. The molecule has 0 aromatic rings. The zero-order chi connectivity index (χ0) is 13.9. The highest BCUT2D eigenvalue weighted by Gasteiger charge is 2.36. The summed E-state index contributed by atoms with van der Waals surface area (Å²) in [5, 5.41) is 3.38. The number of amides is 2. The number of hydrogen-bond donors (Lipinski definition) is 1. The van der Waals surface area contributed by atoms with Gasteiger partial charge >= 0.3 is 0 Å². The van der Waals surface area contributed by atoms with Gasteiger partial charge in [-0.15, -0.1) is 12.4 Å². The van der Waals surface area contributed by atoms with E-state index in [0.717, 1.165) is 58.3 Å². The second-order valence-corrected chi connectivity index (χ2v) is 6.38. The largest absolute Gasteiger partial charge is 0.336 e. The van der Waals surface area contributed by atoms with Crippen molar-refractivity contribution in [3.8, 4) is 0 Å². The molecule has 0 spiro atoms. The van der Waals surface area contributed by atoms with Crippen molar-refractivity contribution < 1.29 is 9.59 Å². The molecule has 120 valence electrons. The van der Waals surface area contributed by atoms with E-state index in [1.807, 2.05) is 4.90 Å². The van der Waals surface area contributed by atoms with Crippen molar-refractivity contribution in [1.82, 2.24) is 15.1 Å². The molecule has 21 heavy (non-hydrogen) atoms. The number of carbonyl (C=O) groups is 2. The first-order valence-electron chi connectivity index (χ1n) is 8.02. The van der Waals surface area contributed by atoms with Gasteiger partial charge in [0.25, 0.3) is 0 Å². The Balaban J connectivity index is 0.00000161. The molecule has 3 fully saturated rings. The average molecular weight is 316 g/mol. The number of nitrogens with one attached hydrogen (secondary N) is 1.